The molecule has 6 heteroatoms. The third kappa shape index (κ3) is 2.30. The molecule has 0 fully saturated rings. The van der Waals surface area contributed by atoms with Crippen LogP contribution in [0.2, 0.25) is 0 Å². The molecule has 1 heterocycles. The van der Waals surface area contributed by atoms with Crippen LogP contribution in [0.15, 0.2) is 11.2 Å². The summed E-state index contributed by atoms with van der Waals surface area (Å²) in [7, 11) is 2.95. The number of aryl methyl sites for hydroxylation is 1. The zero-order chi connectivity index (χ0) is 11.4. The zero-order valence-corrected chi connectivity index (χ0v) is 8.72. The van der Waals surface area contributed by atoms with Gasteiger partial charge in [0.2, 0.25) is 6.08 Å². The van der Waals surface area contributed by atoms with Gasteiger partial charge < -0.3 is 4.74 Å². The molecular formula is C9H11N3O3. The first-order valence-corrected chi connectivity index (χ1v) is 4.29. The highest BCUT2D eigenvalue weighted by Gasteiger charge is 2.20. The number of aromatic nitrogens is 2. The smallest absolute Gasteiger partial charge is 0.358 e. The summed E-state index contributed by atoms with van der Waals surface area (Å²) in [6, 6.07) is -0.453. The number of esters is 1. The lowest BCUT2D eigenvalue weighted by molar-refractivity contribution is 0.0591. The minimum atomic E-state index is -0.543. The second-order valence-corrected chi connectivity index (χ2v) is 2.99. The molecule has 0 N–H and O–H groups in total. The van der Waals surface area contributed by atoms with Crippen LogP contribution in [0.4, 0.5) is 0 Å². The summed E-state index contributed by atoms with van der Waals surface area (Å²) in [5.74, 6) is -0.543. The number of nitrogens with zero attached hydrogens (tertiary/aromatic N) is 3. The largest absolute Gasteiger partial charge is 0.464 e. The lowest BCUT2D eigenvalue weighted by Gasteiger charge is -2.02. The third-order valence-electron chi connectivity index (χ3n) is 1.93. The van der Waals surface area contributed by atoms with Crippen molar-refractivity contribution in [3.05, 3.63) is 17.5 Å². The molecule has 80 valence electrons. The molecule has 0 saturated heterocycles. The number of hydrogen-bond donors (Lipinski definition) is 0. The fourth-order valence-corrected chi connectivity index (χ4v) is 1.22. The molecule has 15 heavy (non-hydrogen) atoms. The van der Waals surface area contributed by atoms with Crippen LogP contribution in [-0.2, 0) is 16.6 Å². The maximum absolute atomic E-state index is 11.3. The summed E-state index contributed by atoms with van der Waals surface area (Å²) in [6.45, 7) is 1.67. The van der Waals surface area contributed by atoms with E-state index in [2.05, 4.69) is 14.8 Å². The highest BCUT2D eigenvalue weighted by atomic mass is 16.5. The van der Waals surface area contributed by atoms with Crippen LogP contribution in [-0.4, -0.2) is 28.9 Å². The van der Waals surface area contributed by atoms with E-state index in [4.69, 9.17) is 0 Å². The predicted octanol–water partition coefficient (Wildman–Crippen LogP) is 0.603. The highest BCUT2D eigenvalue weighted by Crippen LogP contribution is 2.19. The molecule has 0 radical (unpaired) electrons. The first-order valence-electron chi connectivity index (χ1n) is 4.29. The quantitative estimate of drug-likeness (QED) is 0.415. The van der Waals surface area contributed by atoms with E-state index in [1.807, 2.05) is 0 Å². The number of aliphatic imine (C=N–C) groups is 1. The average Bonchev–Trinajstić information content (AvgIpc) is 2.59. The first kappa shape index (κ1) is 11.1. The Bertz CT molecular complexity index is 418. The standard InChI is InChI=1S/C9H11N3O3/c1-6(10-5-13)7-4-12(2)11-8(7)9(14)15-3/h4,6H,1-3H3. The number of carbonyl (C=O) groups excluding carboxylic acids is 2. The normalized spacial score (nSPS) is 11.7. The van der Waals surface area contributed by atoms with Crippen molar-refractivity contribution in [1.29, 1.82) is 0 Å². The molecule has 0 spiro atoms. The van der Waals surface area contributed by atoms with Gasteiger partial charge in [-0.25, -0.2) is 9.59 Å². The Hall–Kier alpha value is -1.94. The zero-order valence-electron chi connectivity index (χ0n) is 8.72. The molecule has 1 aromatic heterocycles. The third-order valence-corrected chi connectivity index (χ3v) is 1.93. The molecule has 0 bridgehead atoms. The van der Waals surface area contributed by atoms with Crippen molar-refractivity contribution in [2.75, 3.05) is 7.11 Å². The number of methoxy groups -OCH3 is 1. The monoisotopic (exact) mass is 209 g/mol. The van der Waals surface area contributed by atoms with E-state index in [0.29, 0.717) is 5.56 Å². The van der Waals surface area contributed by atoms with Crippen LogP contribution in [0, 0.1) is 0 Å². The molecule has 1 rings (SSSR count). The van der Waals surface area contributed by atoms with Crippen molar-refractivity contribution < 1.29 is 14.3 Å². The number of isocyanates is 1. The summed E-state index contributed by atoms with van der Waals surface area (Å²) in [5, 5.41) is 3.94. The van der Waals surface area contributed by atoms with Crippen molar-refractivity contribution in [3.8, 4) is 0 Å². The second-order valence-electron chi connectivity index (χ2n) is 2.99. The Morgan fingerprint density at radius 1 is 1.73 bits per heavy atom. The minimum Gasteiger partial charge on any atom is -0.464 e. The highest BCUT2D eigenvalue weighted by molar-refractivity contribution is 5.88. The number of hydrogen-bond acceptors (Lipinski definition) is 5. The average molecular weight is 209 g/mol. The fourth-order valence-electron chi connectivity index (χ4n) is 1.22. The van der Waals surface area contributed by atoms with Crippen molar-refractivity contribution in [1.82, 2.24) is 9.78 Å². The Balaban J connectivity index is 3.16. The molecule has 0 aliphatic rings. The van der Waals surface area contributed by atoms with Gasteiger partial charge in [-0.2, -0.15) is 10.1 Å². The maximum atomic E-state index is 11.3. The van der Waals surface area contributed by atoms with E-state index in [9.17, 15) is 9.59 Å². The minimum absolute atomic E-state index is 0.173. The lowest BCUT2D eigenvalue weighted by Crippen LogP contribution is -2.06. The molecule has 6 nitrogen and oxygen atoms in total. The van der Waals surface area contributed by atoms with Gasteiger partial charge in [0.1, 0.15) is 0 Å². The van der Waals surface area contributed by atoms with Crippen LogP contribution in [0.1, 0.15) is 29.0 Å². The van der Waals surface area contributed by atoms with E-state index in [1.54, 1.807) is 20.2 Å². The second kappa shape index (κ2) is 4.52. The molecule has 0 aromatic carbocycles. The van der Waals surface area contributed by atoms with Gasteiger partial charge >= 0.3 is 5.97 Å². The topological polar surface area (TPSA) is 73.5 Å². The fraction of sp³-hybridized carbons (Fsp3) is 0.444. The van der Waals surface area contributed by atoms with Crippen LogP contribution in [0.3, 0.4) is 0 Å². The number of rotatable bonds is 3. The van der Waals surface area contributed by atoms with Crippen molar-refractivity contribution >= 4 is 12.0 Å². The van der Waals surface area contributed by atoms with Crippen LogP contribution in [0.25, 0.3) is 0 Å². The van der Waals surface area contributed by atoms with Crippen molar-refractivity contribution in [2.45, 2.75) is 13.0 Å². The molecule has 1 unspecified atom stereocenters. The van der Waals surface area contributed by atoms with Gasteiger partial charge in [0, 0.05) is 18.8 Å². The van der Waals surface area contributed by atoms with Crippen LogP contribution in [0.5, 0.6) is 0 Å². The van der Waals surface area contributed by atoms with Crippen molar-refractivity contribution in [2.24, 2.45) is 12.0 Å². The Morgan fingerprint density at radius 2 is 2.40 bits per heavy atom. The Kier molecular flexibility index (Phi) is 3.36. The van der Waals surface area contributed by atoms with Crippen LogP contribution < -0.4 is 0 Å². The summed E-state index contributed by atoms with van der Waals surface area (Å²) in [5.41, 5.74) is 0.721. The molecular weight excluding hydrogens is 198 g/mol. The lowest BCUT2D eigenvalue weighted by atomic mass is 10.1. The van der Waals surface area contributed by atoms with Gasteiger partial charge in [0.05, 0.1) is 13.2 Å². The van der Waals surface area contributed by atoms with Gasteiger partial charge in [0.15, 0.2) is 5.69 Å². The molecule has 0 aliphatic heterocycles. The molecule has 0 amide bonds. The van der Waals surface area contributed by atoms with E-state index in [-0.39, 0.29) is 5.69 Å². The summed E-state index contributed by atoms with van der Waals surface area (Å²) >= 11 is 0. The molecule has 1 atom stereocenters. The van der Waals surface area contributed by atoms with Gasteiger partial charge in [-0.15, -0.1) is 0 Å². The Labute approximate surface area is 86.6 Å². The van der Waals surface area contributed by atoms with E-state index in [1.165, 1.54) is 17.9 Å². The number of ether oxygens (including phenoxy) is 1. The van der Waals surface area contributed by atoms with Gasteiger partial charge in [0.25, 0.3) is 0 Å². The summed E-state index contributed by atoms with van der Waals surface area (Å²) in [6.07, 6.45) is 3.07. The van der Waals surface area contributed by atoms with E-state index >= 15 is 0 Å². The predicted molar refractivity (Wildman–Crippen MR) is 51.1 cm³/mol. The van der Waals surface area contributed by atoms with Gasteiger partial charge in [-0.3, -0.25) is 4.68 Å². The SMILES string of the molecule is COC(=O)c1nn(C)cc1C(C)N=C=O. The maximum Gasteiger partial charge on any atom is 0.358 e. The van der Waals surface area contributed by atoms with Gasteiger partial charge in [-0.05, 0) is 6.92 Å². The van der Waals surface area contributed by atoms with Crippen molar-refractivity contribution in [3.63, 3.8) is 0 Å². The first-order chi connectivity index (χ1) is 7.10. The molecule has 1 aromatic rings. The molecule has 0 aliphatic carbocycles. The number of carbonyl (C=O) groups is 1. The molecule has 0 saturated carbocycles. The Morgan fingerprint density at radius 3 is 2.93 bits per heavy atom. The van der Waals surface area contributed by atoms with Crippen LogP contribution >= 0.6 is 0 Å². The van der Waals surface area contributed by atoms with E-state index < -0.39 is 12.0 Å². The van der Waals surface area contributed by atoms with Gasteiger partial charge in [-0.1, -0.05) is 0 Å². The van der Waals surface area contributed by atoms with E-state index in [0.717, 1.165) is 0 Å². The summed E-state index contributed by atoms with van der Waals surface area (Å²) < 4.78 is 6.03. The summed E-state index contributed by atoms with van der Waals surface area (Å²) in [4.78, 5) is 24.9.